The fourth-order valence-electron chi connectivity index (χ4n) is 2.22. The highest BCUT2D eigenvalue weighted by atomic mass is 127. The minimum absolute atomic E-state index is 0. The van der Waals surface area contributed by atoms with E-state index in [-0.39, 0.29) is 49.1 Å². The lowest BCUT2D eigenvalue weighted by atomic mass is 10.1. The first-order valence-corrected chi connectivity index (χ1v) is 9.18. The van der Waals surface area contributed by atoms with Crippen LogP contribution in [0.1, 0.15) is 32.4 Å². The second kappa shape index (κ2) is 15.3. The number of hydrogen-bond donors (Lipinski definition) is 4. The Labute approximate surface area is 184 Å². The van der Waals surface area contributed by atoms with Crippen LogP contribution in [0.15, 0.2) is 29.3 Å². The van der Waals surface area contributed by atoms with Crippen LogP contribution in [-0.4, -0.2) is 63.0 Å². The molecule has 0 heterocycles. The minimum atomic E-state index is -0.736. The van der Waals surface area contributed by atoms with Crippen LogP contribution in [0.25, 0.3) is 0 Å². The molecular formula is C19H33IN4O4. The maximum Gasteiger partial charge on any atom is 0.241 e. The third-order valence-corrected chi connectivity index (χ3v) is 3.43. The van der Waals surface area contributed by atoms with Crippen LogP contribution >= 0.6 is 24.0 Å². The summed E-state index contributed by atoms with van der Waals surface area (Å²) >= 11 is 0. The fraction of sp³-hybridized carbons (Fsp3) is 0.579. The van der Waals surface area contributed by atoms with E-state index < -0.39 is 6.10 Å². The van der Waals surface area contributed by atoms with Crippen LogP contribution in [0, 0.1) is 0 Å². The molecule has 0 aliphatic rings. The van der Waals surface area contributed by atoms with Gasteiger partial charge in [0.2, 0.25) is 5.91 Å². The quantitative estimate of drug-likeness (QED) is 0.156. The molecule has 0 aliphatic heterocycles. The van der Waals surface area contributed by atoms with Gasteiger partial charge in [0.05, 0.1) is 18.8 Å². The Kier molecular flexibility index (Phi) is 14.5. The number of methoxy groups -OCH3 is 1. The van der Waals surface area contributed by atoms with Crippen molar-refractivity contribution in [3.63, 3.8) is 0 Å². The summed E-state index contributed by atoms with van der Waals surface area (Å²) in [4.78, 5) is 15.9. The number of benzene rings is 1. The lowest BCUT2D eigenvalue weighted by molar-refractivity contribution is -0.119. The Morgan fingerprint density at radius 2 is 2.00 bits per heavy atom. The summed E-state index contributed by atoms with van der Waals surface area (Å²) in [5, 5.41) is 19.2. The Morgan fingerprint density at radius 1 is 1.25 bits per heavy atom. The highest BCUT2D eigenvalue weighted by Crippen LogP contribution is 2.19. The summed E-state index contributed by atoms with van der Waals surface area (Å²) in [5.41, 5.74) is 0.744. The molecule has 0 spiro atoms. The van der Waals surface area contributed by atoms with Crippen molar-refractivity contribution in [2.24, 2.45) is 4.99 Å². The molecule has 1 atom stereocenters. The van der Waals surface area contributed by atoms with Crippen LogP contribution < -0.4 is 20.7 Å². The third-order valence-electron chi connectivity index (χ3n) is 3.43. The van der Waals surface area contributed by atoms with E-state index in [0.29, 0.717) is 25.7 Å². The predicted octanol–water partition coefficient (Wildman–Crippen LogP) is 1.44. The number of aliphatic imine (C=N–C) groups is 1. The van der Waals surface area contributed by atoms with E-state index in [1.807, 2.05) is 45.0 Å². The smallest absolute Gasteiger partial charge is 0.241 e. The van der Waals surface area contributed by atoms with Gasteiger partial charge in [-0.3, -0.25) is 4.79 Å². The molecule has 1 amide bonds. The zero-order valence-electron chi connectivity index (χ0n) is 17.0. The van der Waals surface area contributed by atoms with Gasteiger partial charge in [-0.25, -0.2) is 4.99 Å². The Hall–Kier alpha value is -1.59. The van der Waals surface area contributed by atoms with Gasteiger partial charge in [-0.15, -0.1) is 24.0 Å². The molecule has 1 aromatic carbocycles. The van der Waals surface area contributed by atoms with Gasteiger partial charge in [-0.1, -0.05) is 12.1 Å². The maximum absolute atomic E-state index is 11.7. The largest absolute Gasteiger partial charge is 0.491 e. The van der Waals surface area contributed by atoms with E-state index in [1.165, 1.54) is 0 Å². The summed E-state index contributed by atoms with van der Waals surface area (Å²) < 4.78 is 10.5. The van der Waals surface area contributed by atoms with Gasteiger partial charge in [0, 0.05) is 26.7 Å². The molecule has 0 aromatic heterocycles. The van der Waals surface area contributed by atoms with Gasteiger partial charge >= 0.3 is 0 Å². The minimum Gasteiger partial charge on any atom is -0.491 e. The average Bonchev–Trinajstić information content (AvgIpc) is 2.63. The molecule has 9 heteroatoms. The summed E-state index contributed by atoms with van der Waals surface area (Å²) in [6.45, 7) is 7.63. The zero-order chi connectivity index (χ0) is 20.1. The summed E-state index contributed by atoms with van der Waals surface area (Å²) in [5.74, 6) is 0.992. The first-order chi connectivity index (χ1) is 13.0. The second-order valence-electron chi connectivity index (χ2n) is 6.17. The molecule has 0 saturated heterocycles. The van der Waals surface area contributed by atoms with Crippen LogP contribution in [0.5, 0.6) is 5.75 Å². The van der Waals surface area contributed by atoms with E-state index in [2.05, 4.69) is 20.9 Å². The van der Waals surface area contributed by atoms with Crippen LogP contribution in [-0.2, 0) is 9.53 Å². The number of nitrogens with one attached hydrogen (secondary N) is 3. The maximum atomic E-state index is 11.7. The van der Waals surface area contributed by atoms with Gasteiger partial charge in [0.15, 0.2) is 5.96 Å². The van der Waals surface area contributed by atoms with Crippen LogP contribution in [0.2, 0.25) is 0 Å². The molecule has 28 heavy (non-hydrogen) atoms. The Bertz CT molecular complexity index is 599. The zero-order valence-corrected chi connectivity index (χ0v) is 19.4. The van der Waals surface area contributed by atoms with Gasteiger partial charge in [-0.2, -0.15) is 0 Å². The van der Waals surface area contributed by atoms with Gasteiger partial charge in [0.25, 0.3) is 0 Å². The molecule has 1 unspecified atom stereocenters. The molecule has 1 rings (SSSR count). The highest BCUT2D eigenvalue weighted by Gasteiger charge is 2.10. The van der Waals surface area contributed by atoms with Crippen molar-refractivity contribution in [2.75, 3.05) is 39.9 Å². The number of ether oxygens (including phenoxy) is 2. The number of carbonyl (C=O) groups is 1. The predicted molar refractivity (Wildman–Crippen MR) is 121 cm³/mol. The van der Waals surface area contributed by atoms with Crippen molar-refractivity contribution >= 4 is 35.8 Å². The normalized spacial score (nSPS) is 12.1. The topological polar surface area (TPSA) is 104 Å². The lowest BCUT2D eigenvalue weighted by Gasteiger charge is -2.17. The number of amides is 1. The van der Waals surface area contributed by atoms with Gasteiger partial charge in [-0.05, 0) is 38.5 Å². The average molecular weight is 508 g/mol. The number of aliphatic hydroxyl groups is 1. The molecule has 0 aliphatic carbocycles. The van der Waals surface area contributed by atoms with E-state index >= 15 is 0 Å². The van der Waals surface area contributed by atoms with Crippen LogP contribution in [0.4, 0.5) is 0 Å². The second-order valence-corrected chi connectivity index (χ2v) is 6.17. The fourth-order valence-corrected chi connectivity index (χ4v) is 2.22. The van der Waals surface area contributed by atoms with Gasteiger partial charge in [0.1, 0.15) is 12.3 Å². The molecule has 0 fully saturated rings. The lowest BCUT2D eigenvalue weighted by Crippen LogP contribution is -2.40. The number of aliphatic hydroxyl groups excluding tert-OH is 1. The monoisotopic (exact) mass is 508 g/mol. The molecule has 1 aromatic rings. The molecular weight excluding hydrogens is 475 g/mol. The Morgan fingerprint density at radius 3 is 2.64 bits per heavy atom. The van der Waals surface area contributed by atoms with Crippen molar-refractivity contribution in [1.29, 1.82) is 0 Å². The van der Waals surface area contributed by atoms with Crippen molar-refractivity contribution in [3.8, 4) is 5.75 Å². The SMILES string of the molecule is CCNC(=NCC(=O)NCCOC)NCC(O)c1cccc(OC(C)C)c1.I. The van der Waals surface area contributed by atoms with E-state index in [1.54, 1.807) is 7.11 Å². The molecule has 0 saturated carbocycles. The number of rotatable bonds is 11. The first kappa shape index (κ1) is 26.4. The number of hydrogen-bond acceptors (Lipinski definition) is 5. The molecule has 0 bridgehead atoms. The van der Waals surface area contributed by atoms with Gasteiger partial charge < -0.3 is 30.5 Å². The standard InChI is InChI=1S/C19H32N4O4.HI/c1-5-20-19(23-13-18(25)21-9-10-26-4)22-12-17(24)15-7-6-8-16(11-15)27-14(2)3;/h6-8,11,14,17,24H,5,9-10,12-13H2,1-4H3,(H,21,25)(H2,20,22,23);1H. The molecule has 160 valence electrons. The molecule has 0 radical (unpaired) electrons. The van der Waals surface area contributed by atoms with Crippen molar-refractivity contribution < 1.29 is 19.4 Å². The van der Waals surface area contributed by atoms with Crippen molar-refractivity contribution in [1.82, 2.24) is 16.0 Å². The van der Waals surface area contributed by atoms with E-state index in [0.717, 1.165) is 11.3 Å². The summed E-state index contributed by atoms with van der Waals surface area (Å²) in [6, 6.07) is 7.36. The van der Waals surface area contributed by atoms with Crippen molar-refractivity contribution in [2.45, 2.75) is 33.0 Å². The summed E-state index contributed by atoms with van der Waals surface area (Å²) in [7, 11) is 1.58. The van der Waals surface area contributed by atoms with E-state index in [9.17, 15) is 9.90 Å². The number of carbonyl (C=O) groups excluding carboxylic acids is 1. The first-order valence-electron chi connectivity index (χ1n) is 9.18. The molecule has 4 N–H and O–H groups in total. The van der Waals surface area contributed by atoms with Crippen molar-refractivity contribution in [3.05, 3.63) is 29.8 Å². The number of guanidine groups is 1. The number of halogens is 1. The number of nitrogens with zero attached hydrogens (tertiary/aromatic N) is 1. The highest BCUT2D eigenvalue weighted by molar-refractivity contribution is 14.0. The van der Waals surface area contributed by atoms with E-state index in [4.69, 9.17) is 9.47 Å². The van der Waals surface area contributed by atoms with Crippen LogP contribution in [0.3, 0.4) is 0 Å². The molecule has 8 nitrogen and oxygen atoms in total. The third kappa shape index (κ3) is 11.3. The Balaban J connectivity index is 0.00000729. The summed E-state index contributed by atoms with van der Waals surface area (Å²) in [6.07, 6.45) is -0.668.